The zero-order valence-corrected chi connectivity index (χ0v) is 10.5. The van der Waals surface area contributed by atoms with Gasteiger partial charge in [-0.2, -0.15) is 0 Å². The predicted molar refractivity (Wildman–Crippen MR) is 69.5 cm³/mol. The van der Waals surface area contributed by atoms with Gasteiger partial charge in [0.15, 0.2) is 0 Å². The van der Waals surface area contributed by atoms with Gasteiger partial charge in [-0.3, -0.25) is 4.90 Å². The number of hydrogen-bond acceptors (Lipinski definition) is 1. The van der Waals surface area contributed by atoms with Crippen molar-refractivity contribution in [2.45, 2.75) is 51.6 Å². The fourth-order valence-electron chi connectivity index (χ4n) is 2.79. The van der Waals surface area contributed by atoms with Gasteiger partial charge in [0.1, 0.15) is 0 Å². The Hall–Kier alpha value is -0.820. The van der Waals surface area contributed by atoms with E-state index in [0.717, 1.165) is 6.04 Å². The number of unbranched alkanes of at least 4 members (excludes halogenated alkanes) is 1. The summed E-state index contributed by atoms with van der Waals surface area (Å²) < 4.78 is 0. The SMILES string of the molecule is CCCCN1[C@H](C)CC[C@H]1c1ccccc1. The summed E-state index contributed by atoms with van der Waals surface area (Å²) >= 11 is 0. The van der Waals surface area contributed by atoms with Crippen LogP contribution in [0.4, 0.5) is 0 Å². The van der Waals surface area contributed by atoms with E-state index in [2.05, 4.69) is 49.1 Å². The first-order valence-corrected chi connectivity index (χ1v) is 6.63. The first-order chi connectivity index (χ1) is 7.83. The second-order valence-corrected chi connectivity index (χ2v) is 4.94. The third kappa shape index (κ3) is 2.46. The van der Waals surface area contributed by atoms with Crippen LogP contribution in [0.2, 0.25) is 0 Å². The zero-order valence-electron chi connectivity index (χ0n) is 10.5. The van der Waals surface area contributed by atoms with E-state index in [1.54, 1.807) is 0 Å². The molecule has 1 fully saturated rings. The van der Waals surface area contributed by atoms with Crippen LogP contribution in [0.15, 0.2) is 30.3 Å². The van der Waals surface area contributed by atoms with Crippen molar-refractivity contribution >= 4 is 0 Å². The van der Waals surface area contributed by atoms with E-state index in [0.29, 0.717) is 6.04 Å². The molecular formula is C15H23N. The van der Waals surface area contributed by atoms with Crippen LogP contribution in [0.25, 0.3) is 0 Å². The maximum absolute atomic E-state index is 2.69. The topological polar surface area (TPSA) is 3.24 Å². The van der Waals surface area contributed by atoms with E-state index in [-0.39, 0.29) is 0 Å². The number of nitrogens with zero attached hydrogens (tertiary/aromatic N) is 1. The van der Waals surface area contributed by atoms with Gasteiger partial charge < -0.3 is 0 Å². The lowest BCUT2D eigenvalue weighted by Crippen LogP contribution is -2.30. The first kappa shape index (κ1) is 11.7. The molecule has 1 aliphatic heterocycles. The maximum atomic E-state index is 2.69. The Labute approximate surface area is 99.5 Å². The molecule has 0 unspecified atom stereocenters. The molecule has 2 rings (SSSR count). The highest BCUT2D eigenvalue weighted by molar-refractivity contribution is 5.20. The lowest BCUT2D eigenvalue weighted by Gasteiger charge is -2.28. The van der Waals surface area contributed by atoms with Crippen LogP contribution in [0, 0.1) is 0 Å². The molecule has 0 N–H and O–H groups in total. The maximum Gasteiger partial charge on any atom is 0.0351 e. The standard InChI is InChI=1S/C15H23N/c1-3-4-12-16-13(2)10-11-15(16)14-8-6-5-7-9-14/h5-9,13,15H,3-4,10-12H2,1-2H3/t13-,15+/m1/s1. The Morgan fingerprint density at radius 3 is 2.62 bits per heavy atom. The second kappa shape index (κ2) is 5.49. The molecule has 2 atom stereocenters. The Kier molecular flexibility index (Phi) is 4.00. The van der Waals surface area contributed by atoms with E-state index in [1.807, 2.05) is 0 Å². The Morgan fingerprint density at radius 1 is 1.19 bits per heavy atom. The van der Waals surface area contributed by atoms with Gasteiger partial charge in [-0.25, -0.2) is 0 Å². The molecule has 1 heteroatoms. The molecule has 0 aromatic heterocycles. The van der Waals surface area contributed by atoms with Crippen LogP contribution < -0.4 is 0 Å². The summed E-state index contributed by atoms with van der Waals surface area (Å²) in [5.41, 5.74) is 1.50. The van der Waals surface area contributed by atoms with Crippen molar-refractivity contribution in [1.82, 2.24) is 4.90 Å². The van der Waals surface area contributed by atoms with Gasteiger partial charge in [0.25, 0.3) is 0 Å². The van der Waals surface area contributed by atoms with Crippen molar-refractivity contribution in [3.63, 3.8) is 0 Å². The molecule has 1 aromatic rings. The molecule has 0 amide bonds. The molecule has 1 heterocycles. The first-order valence-electron chi connectivity index (χ1n) is 6.63. The highest BCUT2D eigenvalue weighted by Gasteiger charge is 2.30. The number of likely N-dealkylation sites (tertiary alicyclic amines) is 1. The van der Waals surface area contributed by atoms with Gasteiger partial charge in [0.05, 0.1) is 0 Å². The van der Waals surface area contributed by atoms with Gasteiger partial charge in [-0.1, -0.05) is 43.7 Å². The van der Waals surface area contributed by atoms with Gasteiger partial charge in [0, 0.05) is 12.1 Å². The van der Waals surface area contributed by atoms with E-state index in [4.69, 9.17) is 0 Å². The molecule has 0 saturated carbocycles. The molecular weight excluding hydrogens is 194 g/mol. The van der Waals surface area contributed by atoms with Crippen molar-refractivity contribution in [3.05, 3.63) is 35.9 Å². The highest BCUT2D eigenvalue weighted by atomic mass is 15.2. The average molecular weight is 217 g/mol. The van der Waals surface area contributed by atoms with Crippen LogP contribution in [0.3, 0.4) is 0 Å². The number of benzene rings is 1. The van der Waals surface area contributed by atoms with Crippen LogP contribution >= 0.6 is 0 Å². The minimum absolute atomic E-state index is 0.669. The van der Waals surface area contributed by atoms with Crippen LogP contribution in [0.1, 0.15) is 51.1 Å². The highest BCUT2D eigenvalue weighted by Crippen LogP contribution is 2.35. The molecule has 1 nitrogen and oxygen atoms in total. The Bertz CT molecular complexity index is 306. The molecule has 0 bridgehead atoms. The van der Waals surface area contributed by atoms with Crippen molar-refractivity contribution in [3.8, 4) is 0 Å². The third-order valence-electron chi connectivity index (χ3n) is 3.78. The van der Waals surface area contributed by atoms with E-state index in [1.165, 1.54) is 37.8 Å². The number of rotatable bonds is 4. The minimum Gasteiger partial charge on any atom is -0.294 e. The minimum atomic E-state index is 0.669. The van der Waals surface area contributed by atoms with Crippen LogP contribution in [0.5, 0.6) is 0 Å². The quantitative estimate of drug-likeness (QED) is 0.736. The molecule has 88 valence electrons. The van der Waals surface area contributed by atoms with Gasteiger partial charge in [0.2, 0.25) is 0 Å². The van der Waals surface area contributed by atoms with E-state index >= 15 is 0 Å². The third-order valence-corrected chi connectivity index (χ3v) is 3.78. The van der Waals surface area contributed by atoms with E-state index in [9.17, 15) is 0 Å². The smallest absolute Gasteiger partial charge is 0.0351 e. The van der Waals surface area contributed by atoms with Crippen molar-refractivity contribution in [2.75, 3.05) is 6.54 Å². The second-order valence-electron chi connectivity index (χ2n) is 4.94. The van der Waals surface area contributed by atoms with Crippen molar-refractivity contribution in [1.29, 1.82) is 0 Å². The molecule has 0 radical (unpaired) electrons. The summed E-state index contributed by atoms with van der Waals surface area (Å²) in [5.74, 6) is 0. The monoisotopic (exact) mass is 217 g/mol. The van der Waals surface area contributed by atoms with Gasteiger partial charge in [-0.05, 0) is 38.3 Å². The molecule has 1 aliphatic rings. The number of hydrogen-bond donors (Lipinski definition) is 0. The molecule has 16 heavy (non-hydrogen) atoms. The normalized spacial score (nSPS) is 26.1. The molecule has 0 aliphatic carbocycles. The van der Waals surface area contributed by atoms with Crippen LogP contribution in [-0.2, 0) is 0 Å². The summed E-state index contributed by atoms with van der Waals surface area (Å²) in [5, 5.41) is 0. The average Bonchev–Trinajstić information content (AvgIpc) is 2.69. The Balaban J connectivity index is 2.08. The fraction of sp³-hybridized carbons (Fsp3) is 0.600. The van der Waals surface area contributed by atoms with Crippen molar-refractivity contribution < 1.29 is 0 Å². The summed E-state index contributed by atoms with van der Waals surface area (Å²) in [6.45, 7) is 5.91. The van der Waals surface area contributed by atoms with Gasteiger partial charge >= 0.3 is 0 Å². The molecule has 1 aromatic carbocycles. The predicted octanol–water partition coefficient (Wildman–Crippen LogP) is 4.01. The summed E-state index contributed by atoms with van der Waals surface area (Å²) in [6, 6.07) is 12.4. The molecule has 1 saturated heterocycles. The van der Waals surface area contributed by atoms with Gasteiger partial charge in [-0.15, -0.1) is 0 Å². The van der Waals surface area contributed by atoms with E-state index < -0.39 is 0 Å². The summed E-state index contributed by atoms with van der Waals surface area (Å²) in [4.78, 5) is 2.69. The summed E-state index contributed by atoms with van der Waals surface area (Å²) in [6.07, 6.45) is 5.30. The van der Waals surface area contributed by atoms with Crippen LogP contribution in [-0.4, -0.2) is 17.5 Å². The Morgan fingerprint density at radius 2 is 1.94 bits per heavy atom. The molecule has 0 spiro atoms. The summed E-state index contributed by atoms with van der Waals surface area (Å²) in [7, 11) is 0. The fourth-order valence-corrected chi connectivity index (χ4v) is 2.79. The van der Waals surface area contributed by atoms with Crippen molar-refractivity contribution in [2.24, 2.45) is 0 Å². The largest absolute Gasteiger partial charge is 0.294 e. The lowest BCUT2D eigenvalue weighted by atomic mass is 10.0. The zero-order chi connectivity index (χ0) is 11.4. The lowest BCUT2D eigenvalue weighted by molar-refractivity contribution is 0.201.